The van der Waals surface area contributed by atoms with E-state index in [0.29, 0.717) is 6.61 Å². The number of furan rings is 1. The molecule has 0 N–H and O–H groups in total. The molecule has 0 aliphatic heterocycles. The van der Waals surface area contributed by atoms with Crippen molar-refractivity contribution < 1.29 is 9.15 Å². The van der Waals surface area contributed by atoms with Crippen LogP contribution in [0.1, 0.15) is 16.9 Å². The Balaban J connectivity index is 1.86. The minimum atomic E-state index is 0.505. The number of terminal acetylenes is 1. The van der Waals surface area contributed by atoms with Crippen molar-refractivity contribution >= 4 is 0 Å². The highest BCUT2D eigenvalue weighted by Crippen LogP contribution is 2.28. The maximum Gasteiger partial charge on any atom is 0.134 e. The summed E-state index contributed by atoms with van der Waals surface area (Å²) < 4.78 is 11.5. The van der Waals surface area contributed by atoms with Crippen LogP contribution in [-0.4, -0.2) is 0 Å². The van der Waals surface area contributed by atoms with Gasteiger partial charge in [0.25, 0.3) is 0 Å². The summed E-state index contributed by atoms with van der Waals surface area (Å²) in [5.74, 6) is 5.06. The first-order valence-electron chi connectivity index (χ1n) is 7.10. The molecular weight excluding hydrogens is 272 g/mol. The molecule has 0 saturated carbocycles. The summed E-state index contributed by atoms with van der Waals surface area (Å²) in [6.45, 7) is 2.42. The zero-order valence-corrected chi connectivity index (χ0v) is 12.4. The Morgan fingerprint density at radius 3 is 2.55 bits per heavy atom. The third-order valence-corrected chi connectivity index (χ3v) is 3.35. The van der Waals surface area contributed by atoms with E-state index < -0.39 is 0 Å². The van der Waals surface area contributed by atoms with Gasteiger partial charge in [0.15, 0.2) is 0 Å². The molecule has 22 heavy (non-hydrogen) atoms. The average Bonchev–Trinajstić information content (AvgIpc) is 3.00. The van der Waals surface area contributed by atoms with Gasteiger partial charge in [-0.05, 0) is 42.8 Å². The molecule has 0 bridgehead atoms. The lowest BCUT2D eigenvalue weighted by Crippen LogP contribution is -1.95. The van der Waals surface area contributed by atoms with Crippen LogP contribution in [0, 0.1) is 19.3 Å². The Bertz CT molecular complexity index is 807. The van der Waals surface area contributed by atoms with Gasteiger partial charge in [0, 0.05) is 11.1 Å². The second kappa shape index (κ2) is 6.24. The number of hydrogen-bond donors (Lipinski definition) is 0. The predicted octanol–water partition coefficient (Wildman–Crippen LogP) is 4.82. The highest BCUT2D eigenvalue weighted by Gasteiger charge is 2.07. The Kier molecular flexibility index (Phi) is 3.98. The van der Waals surface area contributed by atoms with Gasteiger partial charge in [0.2, 0.25) is 0 Å². The standard InChI is InChI=1S/C20H16O2/c1-3-16-11-18(20-10-9-15(2)22-20)13-19(12-16)21-14-17-7-5-4-6-8-17/h1,4-13H,14H2,2H3. The Labute approximate surface area is 130 Å². The normalized spacial score (nSPS) is 10.2. The molecule has 0 spiro atoms. The van der Waals surface area contributed by atoms with Crippen molar-refractivity contribution in [3.63, 3.8) is 0 Å². The van der Waals surface area contributed by atoms with Crippen molar-refractivity contribution in [1.29, 1.82) is 0 Å². The van der Waals surface area contributed by atoms with Gasteiger partial charge in [-0.25, -0.2) is 0 Å². The summed E-state index contributed by atoms with van der Waals surface area (Å²) in [6, 6.07) is 19.6. The van der Waals surface area contributed by atoms with Crippen LogP contribution in [0.3, 0.4) is 0 Å². The van der Waals surface area contributed by atoms with E-state index in [0.717, 1.165) is 34.0 Å². The van der Waals surface area contributed by atoms with E-state index in [4.69, 9.17) is 15.6 Å². The van der Waals surface area contributed by atoms with E-state index in [9.17, 15) is 0 Å². The van der Waals surface area contributed by atoms with E-state index in [-0.39, 0.29) is 0 Å². The van der Waals surface area contributed by atoms with Crippen molar-refractivity contribution in [2.45, 2.75) is 13.5 Å². The third kappa shape index (κ3) is 3.21. The van der Waals surface area contributed by atoms with Gasteiger partial charge in [-0.2, -0.15) is 0 Å². The molecule has 0 aliphatic carbocycles. The zero-order valence-electron chi connectivity index (χ0n) is 12.4. The van der Waals surface area contributed by atoms with Crippen LogP contribution in [0.15, 0.2) is 65.1 Å². The van der Waals surface area contributed by atoms with Gasteiger partial charge in [0.1, 0.15) is 23.9 Å². The van der Waals surface area contributed by atoms with Crippen LogP contribution < -0.4 is 4.74 Å². The summed E-state index contributed by atoms with van der Waals surface area (Å²) in [5.41, 5.74) is 2.81. The van der Waals surface area contributed by atoms with E-state index in [2.05, 4.69) is 5.92 Å². The molecule has 1 heterocycles. The van der Waals surface area contributed by atoms with E-state index in [1.54, 1.807) is 0 Å². The van der Waals surface area contributed by atoms with Crippen LogP contribution in [0.4, 0.5) is 0 Å². The number of hydrogen-bond acceptors (Lipinski definition) is 2. The monoisotopic (exact) mass is 288 g/mol. The first kappa shape index (κ1) is 14.0. The third-order valence-electron chi connectivity index (χ3n) is 3.35. The molecule has 0 amide bonds. The maximum absolute atomic E-state index is 5.87. The minimum Gasteiger partial charge on any atom is -0.489 e. The molecule has 0 fully saturated rings. The highest BCUT2D eigenvalue weighted by atomic mass is 16.5. The van der Waals surface area contributed by atoms with E-state index >= 15 is 0 Å². The Morgan fingerprint density at radius 2 is 1.86 bits per heavy atom. The zero-order chi connectivity index (χ0) is 15.4. The van der Waals surface area contributed by atoms with Crippen LogP contribution in [0.5, 0.6) is 5.75 Å². The summed E-state index contributed by atoms with van der Waals surface area (Å²) in [6.07, 6.45) is 5.54. The summed E-state index contributed by atoms with van der Waals surface area (Å²) in [5, 5.41) is 0. The Hall–Kier alpha value is -2.92. The second-order valence-electron chi connectivity index (χ2n) is 5.07. The molecule has 2 aromatic carbocycles. The number of ether oxygens (including phenoxy) is 1. The molecule has 0 aliphatic rings. The minimum absolute atomic E-state index is 0.505. The molecule has 2 heteroatoms. The summed E-state index contributed by atoms with van der Waals surface area (Å²) >= 11 is 0. The molecule has 108 valence electrons. The molecule has 1 aromatic heterocycles. The molecule has 0 radical (unpaired) electrons. The average molecular weight is 288 g/mol. The summed E-state index contributed by atoms with van der Waals surface area (Å²) in [4.78, 5) is 0. The Morgan fingerprint density at radius 1 is 1.05 bits per heavy atom. The lowest BCUT2D eigenvalue weighted by atomic mass is 10.1. The fourth-order valence-corrected chi connectivity index (χ4v) is 2.24. The van der Waals surface area contributed by atoms with Crippen molar-refractivity contribution in [1.82, 2.24) is 0 Å². The van der Waals surface area contributed by atoms with Crippen molar-refractivity contribution in [3.8, 4) is 29.4 Å². The van der Waals surface area contributed by atoms with Crippen molar-refractivity contribution in [2.75, 3.05) is 0 Å². The molecule has 3 aromatic rings. The van der Waals surface area contributed by atoms with E-state index in [1.165, 1.54) is 0 Å². The van der Waals surface area contributed by atoms with Crippen molar-refractivity contribution in [2.24, 2.45) is 0 Å². The van der Waals surface area contributed by atoms with Gasteiger partial charge in [0.05, 0.1) is 0 Å². The van der Waals surface area contributed by atoms with Crippen molar-refractivity contribution in [3.05, 3.63) is 77.6 Å². The fraction of sp³-hybridized carbons (Fsp3) is 0.100. The first-order valence-corrected chi connectivity index (χ1v) is 7.10. The topological polar surface area (TPSA) is 22.4 Å². The predicted molar refractivity (Wildman–Crippen MR) is 87.6 cm³/mol. The lowest BCUT2D eigenvalue weighted by molar-refractivity contribution is 0.306. The van der Waals surface area contributed by atoms with Gasteiger partial charge in [-0.3, -0.25) is 0 Å². The van der Waals surface area contributed by atoms with Gasteiger partial charge >= 0.3 is 0 Å². The lowest BCUT2D eigenvalue weighted by Gasteiger charge is -2.09. The number of benzene rings is 2. The first-order chi connectivity index (χ1) is 10.7. The number of aryl methyl sites for hydroxylation is 1. The molecule has 2 nitrogen and oxygen atoms in total. The fourth-order valence-electron chi connectivity index (χ4n) is 2.24. The quantitative estimate of drug-likeness (QED) is 0.642. The molecular formula is C20H16O2. The van der Waals surface area contributed by atoms with E-state index in [1.807, 2.05) is 67.6 Å². The smallest absolute Gasteiger partial charge is 0.134 e. The largest absolute Gasteiger partial charge is 0.489 e. The second-order valence-corrected chi connectivity index (χ2v) is 5.07. The highest BCUT2D eigenvalue weighted by molar-refractivity contribution is 5.63. The number of rotatable bonds is 4. The van der Waals surface area contributed by atoms with Gasteiger partial charge in [-0.15, -0.1) is 6.42 Å². The molecule has 0 saturated heterocycles. The van der Waals surface area contributed by atoms with Crippen LogP contribution in [0.2, 0.25) is 0 Å². The van der Waals surface area contributed by atoms with Gasteiger partial charge < -0.3 is 9.15 Å². The molecule has 0 unspecified atom stereocenters. The molecule has 3 rings (SSSR count). The summed E-state index contributed by atoms with van der Waals surface area (Å²) in [7, 11) is 0. The maximum atomic E-state index is 5.87. The SMILES string of the molecule is C#Cc1cc(OCc2ccccc2)cc(-c2ccc(C)o2)c1. The van der Waals surface area contributed by atoms with Crippen LogP contribution in [-0.2, 0) is 6.61 Å². The molecule has 0 atom stereocenters. The van der Waals surface area contributed by atoms with Gasteiger partial charge in [-0.1, -0.05) is 36.3 Å². The van der Waals surface area contributed by atoms with Crippen LogP contribution >= 0.6 is 0 Å². The van der Waals surface area contributed by atoms with Crippen LogP contribution in [0.25, 0.3) is 11.3 Å².